The third-order valence-electron chi connectivity index (χ3n) is 3.23. The predicted molar refractivity (Wildman–Crippen MR) is 81.7 cm³/mol. The molecule has 1 aromatic heterocycles. The summed E-state index contributed by atoms with van der Waals surface area (Å²) >= 11 is 0. The highest BCUT2D eigenvalue weighted by molar-refractivity contribution is 5.26. The van der Waals surface area contributed by atoms with E-state index in [4.69, 9.17) is 4.74 Å². The van der Waals surface area contributed by atoms with E-state index >= 15 is 0 Å². The van der Waals surface area contributed by atoms with Gasteiger partial charge >= 0.3 is 0 Å². The lowest BCUT2D eigenvalue weighted by atomic mass is 10.1. The summed E-state index contributed by atoms with van der Waals surface area (Å²) in [4.78, 5) is 0. The summed E-state index contributed by atoms with van der Waals surface area (Å²) < 4.78 is 7.20. The quantitative estimate of drug-likeness (QED) is 0.735. The van der Waals surface area contributed by atoms with E-state index in [9.17, 15) is 5.11 Å². The van der Waals surface area contributed by atoms with Crippen molar-refractivity contribution in [3.8, 4) is 0 Å². The fourth-order valence-electron chi connectivity index (χ4n) is 2.15. The van der Waals surface area contributed by atoms with Crippen LogP contribution in [0.2, 0.25) is 0 Å². The second-order valence-electron chi connectivity index (χ2n) is 4.92. The van der Waals surface area contributed by atoms with E-state index < -0.39 is 6.10 Å². The molecule has 0 aliphatic heterocycles. The zero-order chi connectivity index (χ0) is 14.9. The third kappa shape index (κ3) is 5.30. The smallest absolute Gasteiger partial charge is 0.0860 e. The monoisotopic (exact) mass is 289 g/mol. The van der Waals surface area contributed by atoms with Crippen LogP contribution in [0, 0.1) is 0 Å². The fraction of sp³-hybridized carbons (Fsp3) is 0.438. The number of aliphatic hydroxyl groups excluding tert-OH is 1. The molecule has 1 atom stereocenters. The van der Waals surface area contributed by atoms with Gasteiger partial charge < -0.3 is 15.2 Å². The first-order valence-electron chi connectivity index (χ1n) is 7.30. The molecule has 0 saturated carbocycles. The molecule has 1 heterocycles. The molecule has 0 amide bonds. The van der Waals surface area contributed by atoms with Crippen LogP contribution in [0.5, 0.6) is 0 Å². The Morgan fingerprint density at radius 3 is 2.81 bits per heavy atom. The molecule has 5 heteroatoms. The van der Waals surface area contributed by atoms with Crippen molar-refractivity contribution in [3.05, 3.63) is 53.9 Å². The van der Waals surface area contributed by atoms with E-state index in [0.717, 1.165) is 6.54 Å². The SMILES string of the molecule is CCOCc1ccccc1CNCC(O)Cn1cccn1. The molecule has 0 bridgehead atoms. The summed E-state index contributed by atoms with van der Waals surface area (Å²) in [5.74, 6) is 0. The molecular formula is C16H23N3O2. The maximum absolute atomic E-state index is 9.96. The number of hydrogen-bond acceptors (Lipinski definition) is 4. The zero-order valence-electron chi connectivity index (χ0n) is 12.4. The summed E-state index contributed by atoms with van der Waals surface area (Å²) in [5, 5.41) is 17.3. The Morgan fingerprint density at radius 2 is 2.10 bits per heavy atom. The lowest BCUT2D eigenvalue weighted by Gasteiger charge is -2.14. The molecule has 2 rings (SSSR count). The van der Waals surface area contributed by atoms with Gasteiger partial charge in [-0.25, -0.2) is 0 Å². The van der Waals surface area contributed by atoms with Gasteiger partial charge in [-0.05, 0) is 24.1 Å². The molecule has 2 N–H and O–H groups in total. The van der Waals surface area contributed by atoms with Gasteiger partial charge in [0.05, 0.1) is 19.3 Å². The van der Waals surface area contributed by atoms with Gasteiger partial charge in [0, 0.05) is 32.1 Å². The van der Waals surface area contributed by atoms with E-state index in [0.29, 0.717) is 26.3 Å². The van der Waals surface area contributed by atoms with E-state index in [2.05, 4.69) is 22.5 Å². The molecule has 5 nitrogen and oxygen atoms in total. The van der Waals surface area contributed by atoms with Crippen LogP contribution in [0.25, 0.3) is 0 Å². The summed E-state index contributed by atoms with van der Waals surface area (Å²) in [7, 11) is 0. The molecule has 114 valence electrons. The summed E-state index contributed by atoms with van der Waals surface area (Å²) in [6.07, 6.45) is 3.11. The molecule has 0 spiro atoms. The summed E-state index contributed by atoms with van der Waals surface area (Å²) in [6, 6.07) is 10.1. The van der Waals surface area contributed by atoms with Crippen molar-refractivity contribution < 1.29 is 9.84 Å². The molecule has 0 saturated heterocycles. The van der Waals surface area contributed by atoms with Gasteiger partial charge in [0.2, 0.25) is 0 Å². The minimum absolute atomic E-state index is 0.455. The maximum atomic E-state index is 9.96. The highest BCUT2D eigenvalue weighted by atomic mass is 16.5. The van der Waals surface area contributed by atoms with Crippen molar-refractivity contribution in [3.63, 3.8) is 0 Å². The van der Waals surface area contributed by atoms with Crippen LogP contribution in [0.1, 0.15) is 18.1 Å². The molecule has 0 radical (unpaired) electrons. The van der Waals surface area contributed by atoms with Crippen LogP contribution >= 0.6 is 0 Å². The summed E-state index contributed by atoms with van der Waals surface area (Å²) in [5.41, 5.74) is 2.39. The van der Waals surface area contributed by atoms with Gasteiger partial charge in [0.25, 0.3) is 0 Å². The second-order valence-corrected chi connectivity index (χ2v) is 4.92. The molecule has 1 unspecified atom stereocenters. The number of aromatic nitrogens is 2. The van der Waals surface area contributed by atoms with E-state index in [-0.39, 0.29) is 0 Å². The fourth-order valence-corrected chi connectivity index (χ4v) is 2.15. The van der Waals surface area contributed by atoms with Crippen molar-refractivity contribution >= 4 is 0 Å². The predicted octanol–water partition coefficient (Wildman–Crippen LogP) is 1.57. The number of aliphatic hydroxyl groups is 1. The Labute approximate surface area is 125 Å². The number of nitrogens with one attached hydrogen (secondary N) is 1. The van der Waals surface area contributed by atoms with Crippen molar-refractivity contribution in [1.82, 2.24) is 15.1 Å². The normalized spacial score (nSPS) is 12.5. The standard InChI is InChI=1S/C16H23N3O2/c1-2-21-13-15-7-4-3-6-14(15)10-17-11-16(20)12-19-9-5-8-18-19/h3-9,16-17,20H,2,10-13H2,1H3. The highest BCUT2D eigenvalue weighted by Gasteiger charge is 2.06. The Kier molecular flexibility index (Phi) is 6.40. The Bertz CT molecular complexity index is 514. The number of benzene rings is 1. The zero-order valence-corrected chi connectivity index (χ0v) is 12.4. The van der Waals surface area contributed by atoms with Gasteiger partial charge in [-0.1, -0.05) is 24.3 Å². The Morgan fingerprint density at radius 1 is 1.29 bits per heavy atom. The van der Waals surface area contributed by atoms with Crippen molar-refractivity contribution in [2.45, 2.75) is 32.7 Å². The van der Waals surface area contributed by atoms with Crippen molar-refractivity contribution in [2.75, 3.05) is 13.2 Å². The van der Waals surface area contributed by atoms with E-state index in [1.165, 1.54) is 11.1 Å². The first-order chi connectivity index (χ1) is 10.3. The van der Waals surface area contributed by atoms with Gasteiger partial charge in [0.1, 0.15) is 0 Å². The van der Waals surface area contributed by atoms with Crippen molar-refractivity contribution in [2.24, 2.45) is 0 Å². The van der Waals surface area contributed by atoms with Crippen LogP contribution in [0.4, 0.5) is 0 Å². The topological polar surface area (TPSA) is 59.3 Å². The average Bonchev–Trinajstić information content (AvgIpc) is 2.99. The van der Waals surface area contributed by atoms with Crippen LogP contribution in [-0.2, 0) is 24.4 Å². The first-order valence-corrected chi connectivity index (χ1v) is 7.30. The van der Waals surface area contributed by atoms with Gasteiger partial charge in [-0.3, -0.25) is 4.68 Å². The molecule has 0 aliphatic carbocycles. The second kappa shape index (κ2) is 8.56. The molecule has 0 fully saturated rings. The van der Waals surface area contributed by atoms with Crippen molar-refractivity contribution in [1.29, 1.82) is 0 Å². The Balaban J connectivity index is 1.77. The highest BCUT2D eigenvalue weighted by Crippen LogP contribution is 2.10. The average molecular weight is 289 g/mol. The molecule has 1 aromatic carbocycles. The van der Waals surface area contributed by atoms with Crippen LogP contribution in [0.15, 0.2) is 42.7 Å². The minimum atomic E-state index is -0.455. The van der Waals surface area contributed by atoms with Gasteiger partial charge in [0.15, 0.2) is 0 Å². The van der Waals surface area contributed by atoms with E-state index in [1.807, 2.05) is 31.3 Å². The molecule has 0 aliphatic rings. The molecular weight excluding hydrogens is 266 g/mol. The third-order valence-corrected chi connectivity index (χ3v) is 3.23. The number of nitrogens with zero attached hydrogens (tertiary/aromatic N) is 2. The number of rotatable bonds is 9. The van der Waals surface area contributed by atoms with Gasteiger partial charge in [-0.15, -0.1) is 0 Å². The maximum Gasteiger partial charge on any atom is 0.0860 e. The summed E-state index contributed by atoms with van der Waals surface area (Å²) in [6.45, 7) is 5.09. The first kappa shape index (κ1) is 15.7. The Hall–Kier alpha value is -1.69. The van der Waals surface area contributed by atoms with Crippen LogP contribution in [0.3, 0.4) is 0 Å². The lowest BCUT2D eigenvalue weighted by molar-refractivity contribution is 0.133. The largest absolute Gasteiger partial charge is 0.390 e. The lowest BCUT2D eigenvalue weighted by Crippen LogP contribution is -2.30. The molecule has 2 aromatic rings. The van der Waals surface area contributed by atoms with Crippen LogP contribution in [-0.4, -0.2) is 34.1 Å². The van der Waals surface area contributed by atoms with E-state index in [1.54, 1.807) is 10.9 Å². The van der Waals surface area contributed by atoms with Gasteiger partial charge in [-0.2, -0.15) is 5.10 Å². The molecule has 21 heavy (non-hydrogen) atoms. The van der Waals surface area contributed by atoms with Crippen LogP contribution < -0.4 is 5.32 Å². The number of hydrogen-bond donors (Lipinski definition) is 2. The number of ether oxygens (including phenoxy) is 1. The minimum Gasteiger partial charge on any atom is -0.390 e.